The van der Waals surface area contributed by atoms with Gasteiger partial charge in [-0.2, -0.15) is 5.10 Å². The van der Waals surface area contributed by atoms with Gasteiger partial charge in [-0.1, -0.05) is 0 Å². The lowest BCUT2D eigenvalue weighted by Gasteiger charge is -2.06. The zero-order valence-electron chi connectivity index (χ0n) is 9.12. The van der Waals surface area contributed by atoms with E-state index in [1.54, 1.807) is 6.92 Å². The molecule has 0 aromatic carbocycles. The third-order valence-electron chi connectivity index (χ3n) is 2.98. The SMILES string of the molecule is Cc1nn(CC2CC2)c(C)c1C(C)O. The molecule has 3 nitrogen and oxygen atoms in total. The number of aliphatic hydroxyl groups excluding tert-OH is 1. The van der Waals surface area contributed by atoms with Crippen molar-refractivity contribution in [3.63, 3.8) is 0 Å². The Hall–Kier alpha value is -0.830. The molecule has 1 heterocycles. The molecule has 78 valence electrons. The van der Waals surface area contributed by atoms with Crippen molar-refractivity contribution in [2.75, 3.05) is 0 Å². The van der Waals surface area contributed by atoms with Crippen molar-refractivity contribution in [2.45, 2.75) is 46.3 Å². The molecular weight excluding hydrogens is 176 g/mol. The highest BCUT2D eigenvalue weighted by Gasteiger charge is 2.24. The van der Waals surface area contributed by atoms with Crippen LogP contribution in [-0.2, 0) is 6.54 Å². The highest BCUT2D eigenvalue weighted by molar-refractivity contribution is 5.26. The fourth-order valence-electron chi connectivity index (χ4n) is 2.04. The summed E-state index contributed by atoms with van der Waals surface area (Å²) in [6.07, 6.45) is 2.27. The van der Waals surface area contributed by atoms with Gasteiger partial charge in [0.1, 0.15) is 0 Å². The van der Waals surface area contributed by atoms with E-state index in [0.717, 1.165) is 29.4 Å². The van der Waals surface area contributed by atoms with Gasteiger partial charge < -0.3 is 5.11 Å². The van der Waals surface area contributed by atoms with E-state index >= 15 is 0 Å². The van der Waals surface area contributed by atoms with Gasteiger partial charge in [-0.25, -0.2) is 0 Å². The van der Waals surface area contributed by atoms with Crippen molar-refractivity contribution in [2.24, 2.45) is 5.92 Å². The fraction of sp³-hybridized carbons (Fsp3) is 0.727. The van der Waals surface area contributed by atoms with Crippen LogP contribution in [0, 0.1) is 19.8 Å². The topological polar surface area (TPSA) is 38.0 Å². The van der Waals surface area contributed by atoms with Crippen LogP contribution in [0.4, 0.5) is 0 Å². The van der Waals surface area contributed by atoms with Gasteiger partial charge in [-0.3, -0.25) is 4.68 Å². The van der Waals surface area contributed by atoms with Gasteiger partial charge in [0.25, 0.3) is 0 Å². The average molecular weight is 194 g/mol. The number of nitrogens with zero attached hydrogens (tertiary/aromatic N) is 2. The average Bonchev–Trinajstić information content (AvgIpc) is 2.81. The van der Waals surface area contributed by atoms with Crippen molar-refractivity contribution in [3.8, 4) is 0 Å². The summed E-state index contributed by atoms with van der Waals surface area (Å²) in [6.45, 7) is 6.85. The molecule has 0 saturated heterocycles. The molecule has 0 spiro atoms. The summed E-state index contributed by atoms with van der Waals surface area (Å²) in [5, 5.41) is 14.1. The maximum Gasteiger partial charge on any atom is 0.0797 e. The van der Waals surface area contributed by atoms with Crippen LogP contribution in [0.1, 0.15) is 42.8 Å². The van der Waals surface area contributed by atoms with E-state index < -0.39 is 6.10 Å². The Labute approximate surface area is 84.7 Å². The smallest absolute Gasteiger partial charge is 0.0797 e. The minimum Gasteiger partial charge on any atom is -0.389 e. The number of aryl methyl sites for hydroxylation is 1. The van der Waals surface area contributed by atoms with Crippen molar-refractivity contribution in [3.05, 3.63) is 17.0 Å². The third-order valence-corrected chi connectivity index (χ3v) is 2.98. The Morgan fingerprint density at radius 3 is 2.57 bits per heavy atom. The molecule has 2 rings (SSSR count). The molecule has 0 aliphatic heterocycles. The number of aliphatic hydroxyl groups is 1. The van der Waals surface area contributed by atoms with Crippen LogP contribution in [0.3, 0.4) is 0 Å². The normalized spacial score (nSPS) is 18.6. The van der Waals surface area contributed by atoms with Gasteiger partial charge in [0.05, 0.1) is 11.8 Å². The first-order chi connectivity index (χ1) is 6.59. The van der Waals surface area contributed by atoms with E-state index in [1.807, 2.05) is 13.8 Å². The first-order valence-electron chi connectivity index (χ1n) is 5.31. The minimum absolute atomic E-state index is 0.400. The summed E-state index contributed by atoms with van der Waals surface area (Å²) in [5.41, 5.74) is 3.10. The second-order valence-corrected chi connectivity index (χ2v) is 4.39. The van der Waals surface area contributed by atoms with Crippen LogP contribution in [0.15, 0.2) is 0 Å². The second-order valence-electron chi connectivity index (χ2n) is 4.39. The lowest BCUT2D eigenvalue weighted by Crippen LogP contribution is -2.04. The molecule has 1 N–H and O–H groups in total. The first-order valence-corrected chi connectivity index (χ1v) is 5.31. The van der Waals surface area contributed by atoms with Crippen molar-refractivity contribution in [1.29, 1.82) is 0 Å². The van der Waals surface area contributed by atoms with Crippen molar-refractivity contribution >= 4 is 0 Å². The van der Waals surface area contributed by atoms with Crippen LogP contribution in [0.5, 0.6) is 0 Å². The summed E-state index contributed by atoms with van der Waals surface area (Å²) in [6, 6.07) is 0. The van der Waals surface area contributed by atoms with E-state index in [-0.39, 0.29) is 0 Å². The van der Waals surface area contributed by atoms with Gasteiger partial charge in [-0.15, -0.1) is 0 Å². The number of aromatic nitrogens is 2. The molecule has 1 aliphatic carbocycles. The van der Waals surface area contributed by atoms with E-state index in [4.69, 9.17) is 0 Å². The molecule has 3 heteroatoms. The largest absolute Gasteiger partial charge is 0.389 e. The number of hydrogen-bond acceptors (Lipinski definition) is 2. The van der Waals surface area contributed by atoms with Gasteiger partial charge in [-0.05, 0) is 39.5 Å². The molecule has 1 aromatic rings. The standard InChI is InChI=1S/C11H18N2O/c1-7-11(9(3)14)8(2)13(12-7)6-10-4-5-10/h9-10,14H,4-6H2,1-3H3. The number of hydrogen-bond donors (Lipinski definition) is 1. The number of rotatable bonds is 3. The summed E-state index contributed by atoms with van der Waals surface area (Å²) in [5.74, 6) is 0.829. The van der Waals surface area contributed by atoms with Crippen LogP contribution in [-0.4, -0.2) is 14.9 Å². The first kappa shape index (κ1) is 9.71. The summed E-state index contributed by atoms with van der Waals surface area (Å²) in [7, 11) is 0. The van der Waals surface area contributed by atoms with Crippen LogP contribution < -0.4 is 0 Å². The lowest BCUT2D eigenvalue weighted by atomic mass is 10.1. The molecule has 1 saturated carbocycles. The second kappa shape index (κ2) is 3.39. The molecule has 1 atom stereocenters. The summed E-state index contributed by atoms with van der Waals surface area (Å²) >= 11 is 0. The molecule has 1 unspecified atom stereocenters. The predicted octanol–water partition coefficient (Wildman–Crippen LogP) is 1.96. The monoisotopic (exact) mass is 194 g/mol. The molecule has 1 aromatic heterocycles. The lowest BCUT2D eigenvalue weighted by molar-refractivity contribution is 0.197. The maximum absolute atomic E-state index is 9.60. The quantitative estimate of drug-likeness (QED) is 0.798. The van der Waals surface area contributed by atoms with Crippen molar-refractivity contribution in [1.82, 2.24) is 9.78 Å². The van der Waals surface area contributed by atoms with Crippen LogP contribution >= 0.6 is 0 Å². The molecule has 14 heavy (non-hydrogen) atoms. The molecule has 1 aliphatic rings. The van der Waals surface area contributed by atoms with Gasteiger partial charge >= 0.3 is 0 Å². The van der Waals surface area contributed by atoms with Gasteiger partial charge in [0.2, 0.25) is 0 Å². The molecule has 1 fully saturated rings. The summed E-state index contributed by atoms with van der Waals surface area (Å²) in [4.78, 5) is 0. The highest BCUT2D eigenvalue weighted by Crippen LogP contribution is 2.32. The van der Waals surface area contributed by atoms with Gasteiger partial charge in [0, 0.05) is 17.8 Å². The Balaban J connectivity index is 2.27. The maximum atomic E-state index is 9.60. The van der Waals surface area contributed by atoms with Gasteiger partial charge in [0.15, 0.2) is 0 Å². The Morgan fingerprint density at radius 1 is 1.50 bits per heavy atom. The van der Waals surface area contributed by atoms with Crippen molar-refractivity contribution < 1.29 is 5.11 Å². The Bertz CT molecular complexity index is 337. The fourth-order valence-corrected chi connectivity index (χ4v) is 2.04. The Morgan fingerprint density at radius 2 is 2.14 bits per heavy atom. The summed E-state index contributed by atoms with van der Waals surface area (Å²) < 4.78 is 2.05. The Kier molecular flexibility index (Phi) is 2.35. The molecular formula is C11H18N2O. The van der Waals surface area contributed by atoms with E-state index in [2.05, 4.69) is 9.78 Å². The van der Waals surface area contributed by atoms with E-state index in [9.17, 15) is 5.11 Å². The molecule has 0 amide bonds. The van der Waals surface area contributed by atoms with E-state index in [1.165, 1.54) is 12.8 Å². The molecule has 0 bridgehead atoms. The predicted molar refractivity (Wildman–Crippen MR) is 55.1 cm³/mol. The van der Waals surface area contributed by atoms with Crippen LogP contribution in [0.25, 0.3) is 0 Å². The zero-order valence-corrected chi connectivity index (χ0v) is 9.12. The third kappa shape index (κ3) is 1.69. The van der Waals surface area contributed by atoms with Crippen LogP contribution in [0.2, 0.25) is 0 Å². The van der Waals surface area contributed by atoms with E-state index in [0.29, 0.717) is 0 Å². The molecule has 0 radical (unpaired) electrons. The highest BCUT2D eigenvalue weighted by atomic mass is 16.3. The minimum atomic E-state index is -0.400. The zero-order chi connectivity index (χ0) is 10.3.